The number of hydrogen-bond donors (Lipinski definition) is 1. The minimum absolute atomic E-state index is 0.635. The fourth-order valence-corrected chi connectivity index (χ4v) is 2.48. The molecule has 1 aliphatic heterocycles. The van der Waals surface area contributed by atoms with Crippen molar-refractivity contribution < 1.29 is 0 Å². The highest BCUT2D eigenvalue weighted by Crippen LogP contribution is 2.27. The lowest BCUT2D eigenvalue weighted by molar-refractivity contribution is 0.938. The predicted molar refractivity (Wildman–Crippen MR) is 76.4 cm³/mol. The van der Waals surface area contributed by atoms with Crippen molar-refractivity contribution in [2.45, 2.75) is 12.8 Å². The first-order valence-corrected chi connectivity index (χ1v) is 6.57. The minimum Gasteiger partial charge on any atom is -0.383 e. The van der Waals surface area contributed by atoms with Gasteiger partial charge in [0.05, 0.1) is 6.20 Å². The van der Waals surface area contributed by atoms with E-state index >= 15 is 0 Å². The molecule has 2 aromatic rings. The highest BCUT2D eigenvalue weighted by Gasteiger charge is 2.14. The van der Waals surface area contributed by atoms with E-state index in [2.05, 4.69) is 36.5 Å². The van der Waals surface area contributed by atoms with Crippen LogP contribution < -0.4 is 10.6 Å². The van der Waals surface area contributed by atoms with Crippen molar-refractivity contribution in [3.8, 4) is 11.1 Å². The molecule has 0 radical (unpaired) electrons. The third-order valence-corrected chi connectivity index (χ3v) is 3.73. The molecule has 3 rings (SSSR count). The van der Waals surface area contributed by atoms with Gasteiger partial charge in [-0.05, 0) is 34.4 Å². The van der Waals surface area contributed by atoms with E-state index in [1.807, 2.05) is 6.20 Å². The van der Waals surface area contributed by atoms with Gasteiger partial charge in [0.15, 0.2) is 0 Å². The quantitative estimate of drug-likeness (QED) is 0.837. The van der Waals surface area contributed by atoms with Gasteiger partial charge in [0.2, 0.25) is 0 Å². The molecule has 94 valence electrons. The van der Waals surface area contributed by atoms with Crippen molar-refractivity contribution >= 4 is 21.0 Å². The summed E-state index contributed by atoms with van der Waals surface area (Å²) in [4.78, 5) is 6.83. The molecule has 1 aliphatic rings. The van der Waals surface area contributed by atoms with E-state index in [-0.39, 0.29) is 0 Å². The van der Waals surface area contributed by atoms with Crippen LogP contribution in [0.3, 0.4) is 0 Å². The van der Waals surface area contributed by atoms with Gasteiger partial charge in [-0.1, -0.05) is 0 Å². The van der Waals surface area contributed by atoms with Crippen LogP contribution in [0.2, 0.25) is 0 Å². The Hall–Kier alpha value is -1.61. The van der Waals surface area contributed by atoms with Gasteiger partial charge in [-0.2, -0.15) is 5.10 Å². The third-order valence-electron chi connectivity index (χ3n) is 3.32. The van der Waals surface area contributed by atoms with Crippen LogP contribution in [0.1, 0.15) is 12.8 Å². The molecule has 1 unspecified atom stereocenters. The Morgan fingerprint density at radius 1 is 1.17 bits per heavy atom. The van der Waals surface area contributed by atoms with E-state index in [1.54, 1.807) is 10.6 Å². The Morgan fingerprint density at radius 3 is 2.50 bits per heavy atom. The van der Waals surface area contributed by atoms with Gasteiger partial charge in [-0.15, -0.1) is 0 Å². The first kappa shape index (κ1) is 11.5. The number of hydrogen-bond acceptors (Lipinski definition) is 4. The summed E-state index contributed by atoms with van der Waals surface area (Å²) in [5, 5.41) is 4.11. The highest BCUT2D eigenvalue weighted by atomic mass is 31.0. The topological polar surface area (TPSA) is 60.0 Å². The van der Waals surface area contributed by atoms with E-state index in [4.69, 9.17) is 5.73 Å². The lowest BCUT2D eigenvalue weighted by Gasteiger charge is -2.16. The Bertz CT molecular complexity index is 542. The number of rotatable bonds is 2. The molecular formula is C12H16N5P. The fraction of sp³-hybridized carbons (Fsp3) is 0.333. The molecule has 3 heterocycles. The van der Waals surface area contributed by atoms with Crippen molar-refractivity contribution in [2.75, 3.05) is 23.7 Å². The van der Waals surface area contributed by atoms with Crippen molar-refractivity contribution in [2.24, 2.45) is 0 Å². The number of nitrogens with zero attached hydrogens (tertiary/aromatic N) is 4. The molecule has 2 aromatic heterocycles. The lowest BCUT2D eigenvalue weighted by atomic mass is 10.1. The van der Waals surface area contributed by atoms with Crippen LogP contribution in [-0.2, 0) is 0 Å². The van der Waals surface area contributed by atoms with Crippen molar-refractivity contribution in [1.29, 1.82) is 0 Å². The zero-order valence-corrected chi connectivity index (χ0v) is 11.2. The van der Waals surface area contributed by atoms with E-state index in [1.165, 1.54) is 12.8 Å². The Kier molecular flexibility index (Phi) is 2.92. The molecule has 0 bridgehead atoms. The number of nitrogens with two attached hydrogens (primary N) is 1. The fourth-order valence-electron chi connectivity index (χ4n) is 2.27. The molecule has 6 heteroatoms. The van der Waals surface area contributed by atoms with Gasteiger partial charge in [-0.25, -0.2) is 9.44 Å². The van der Waals surface area contributed by atoms with Gasteiger partial charge < -0.3 is 10.6 Å². The standard InChI is InChI=1S/C12H16N5P/c13-12-10(8-15-17(12)18)9-3-4-11(14-7-9)16-5-1-2-6-16/h3-4,7-8H,1-2,5-6,13,18H2. The van der Waals surface area contributed by atoms with E-state index in [0.717, 1.165) is 30.0 Å². The summed E-state index contributed by atoms with van der Waals surface area (Å²) in [7, 11) is 2.46. The molecule has 1 atom stereocenters. The molecule has 0 saturated carbocycles. The normalized spacial score (nSPS) is 15.3. The van der Waals surface area contributed by atoms with Crippen LogP contribution in [0.5, 0.6) is 0 Å². The second-order valence-corrected chi connectivity index (χ2v) is 4.98. The minimum atomic E-state index is 0.635. The van der Waals surface area contributed by atoms with Gasteiger partial charge in [-0.3, -0.25) is 0 Å². The van der Waals surface area contributed by atoms with Crippen LogP contribution >= 0.6 is 9.39 Å². The maximum Gasteiger partial charge on any atom is 0.132 e. The summed E-state index contributed by atoms with van der Waals surface area (Å²) >= 11 is 0. The maximum atomic E-state index is 5.94. The molecule has 0 aliphatic carbocycles. The molecule has 0 spiro atoms. The molecule has 1 fully saturated rings. The number of pyridine rings is 1. The largest absolute Gasteiger partial charge is 0.383 e. The molecule has 18 heavy (non-hydrogen) atoms. The van der Waals surface area contributed by atoms with Crippen molar-refractivity contribution in [3.63, 3.8) is 0 Å². The van der Waals surface area contributed by atoms with Crippen LogP contribution in [0, 0.1) is 0 Å². The number of aromatic nitrogens is 3. The van der Waals surface area contributed by atoms with E-state index in [9.17, 15) is 0 Å². The molecule has 0 amide bonds. The van der Waals surface area contributed by atoms with Crippen LogP contribution in [0.25, 0.3) is 11.1 Å². The number of nitrogen functional groups attached to an aromatic ring is 1. The maximum absolute atomic E-state index is 5.94. The molecular weight excluding hydrogens is 245 g/mol. The Balaban J connectivity index is 1.88. The molecule has 5 nitrogen and oxygen atoms in total. The SMILES string of the molecule is Nc1c(-c2ccc(N3CCCC3)nc2)cnn1P. The van der Waals surface area contributed by atoms with Gasteiger partial charge >= 0.3 is 0 Å². The monoisotopic (exact) mass is 261 g/mol. The lowest BCUT2D eigenvalue weighted by Crippen LogP contribution is -2.18. The first-order valence-electron chi connectivity index (χ1n) is 6.05. The summed E-state index contributed by atoms with van der Waals surface area (Å²) in [6, 6.07) is 4.11. The highest BCUT2D eigenvalue weighted by molar-refractivity contribution is 7.14. The van der Waals surface area contributed by atoms with E-state index in [0.29, 0.717) is 5.82 Å². The van der Waals surface area contributed by atoms with Gasteiger partial charge in [0, 0.05) is 30.4 Å². The smallest absolute Gasteiger partial charge is 0.132 e. The van der Waals surface area contributed by atoms with Crippen molar-refractivity contribution in [1.82, 2.24) is 14.5 Å². The van der Waals surface area contributed by atoms with Crippen LogP contribution in [0.4, 0.5) is 11.6 Å². The summed E-state index contributed by atoms with van der Waals surface area (Å²) in [5.74, 6) is 1.68. The second kappa shape index (κ2) is 4.58. The Morgan fingerprint density at radius 2 is 1.94 bits per heavy atom. The second-order valence-electron chi connectivity index (χ2n) is 4.49. The van der Waals surface area contributed by atoms with Crippen molar-refractivity contribution in [3.05, 3.63) is 24.5 Å². The van der Waals surface area contributed by atoms with Crippen LogP contribution in [0.15, 0.2) is 24.5 Å². The molecule has 2 N–H and O–H groups in total. The average Bonchev–Trinajstić information content (AvgIpc) is 3.02. The summed E-state index contributed by atoms with van der Waals surface area (Å²) < 4.78 is 1.59. The number of anilines is 2. The summed E-state index contributed by atoms with van der Waals surface area (Å²) in [6.07, 6.45) is 6.15. The summed E-state index contributed by atoms with van der Waals surface area (Å²) in [5.41, 5.74) is 7.86. The van der Waals surface area contributed by atoms with Crippen LogP contribution in [-0.4, -0.2) is 27.6 Å². The van der Waals surface area contributed by atoms with Gasteiger partial charge in [0.25, 0.3) is 0 Å². The molecule has 1 saturated heterocycles. The predicted octanol–water partition coefficient (Wildman–Crippen LogP) is 1.77. The van der Waals surface area contributed by atoms with Gasteiger partial charge in [0.1, 0.15) is 11.6 Å². The Labute approximate surface area is 108 Å². The third kappa shape index (κ3) is 1.95. The summed E-state index contributed by atoms with van der Waals surface area (Å²) in [6.45, 7) is 2.22. The zero-order chi connectivity index (χ0) is 12.5. The zero-order valence-electron chi connectivity index (χ0n) is 10.1. The first-order chi connectivity index (χ1) is 8.75. The van der Waals surface area contributed by atoms with E-state index < -0.39 is 0 Å². The molecule has 0 aromatic carbocycles. The average molecular weight is 261 g/mol.